The zero-order valence-electron chi connectivity index (χ0n) is 21.4. The molecule has 0 unspecified atom stereocenters. The molecule has 0 saturated carbocycles. The molecule has 0 amide bonds. The molecule has 200 valence electrons. The first-order valence-corrected chi connectivity index (χ1v) is 13.3. The van der Waals surface area contributed by atoms with Crippen LogP contribution < -0.4 is 0 Å². The largest absolute Gasteiger partial charge is 0.416 e. The monoisotopic (exact) mass is 517 g/mol. The van der Waals surface area contributed by atoms with E-state index >= 15 is 0 Å². The lowest BCUT2D eigenvalue weighted by atomic mass is 9.69. The van der Waals surface area contributed by atoms with Crippen LogP contribution in [0.25, 0.3) is 0 Å². The average molecular weight is 518 g/mol. The van der Waals surface area contributed by atoms with Gasteiger partial charge in [-0.1, -0.05) is 26.0 Å². The van der Waals surface area contributed by atoms with E-state index in [2.05, 4.69) is 13.8 Å². The number of benzene rings is 1. The number of nitrogens with zero attached hydrogens (tertiary/aromatic N) is 1. The Bertz CT molecular complexity index is 1170. The fraction of sp³-hybridized carbons (Fsp3) is 0.621. The number of aromatic nitrogens is 1. The van der Waals surface area contributed by atoms with Gasteiger partial charge in [-0.05, 0) is 54.4 Å². The highest BCUT2D eigenvalue weighted by Gasteiger charge is 2.52. The number of alkyl halides is 3. The molecule has 2 fully saturated rings. The Morgan fingerprint density at radius 3 is 2.24 bits per heavy atom. The van der Waals surface area contributed by atoms with Crippen LogP contribution in [0.15, 0.2) is 24.3 Å². The summed E-state index contributed by atoms with van der Waals surface area (Å²) in [5.41, 5.74) is 4.01. The molecule has 1 aliphatic carbocycles. The predicted octanol–water partition coefficient (Wildman–Crippen LogP) is 6.13. The third kappa shape index (κ3) is 4.40. The van der Waals surface area contributed by atoms with E-state index < -0.39 is 29.5 Å². The van der Waals surface area contributed by atoms with Gasteiger partial charge in [-0.3, -0.25) is 4.98 Å². The van der Waals surface area contributed by atoms with Crippen molar-refractivity contribution in [3.05, 3.63) is 63.5 Å². The fourth-order valence-corrected chi connectivity index (χ4v) is 6.86. The van der Waals surface area contributed by atoms with E-state index in [0.717, 1.165) is 59.5 Å². The van der Waals surface area contributed by atoms with Crippen LogP contribution in [0.1, 0.15) is 103 Å². The van der Waals surface area contributed by atoms with Crippen LogP contribution in [0.2, 0.25) is 0 Å². The molecule has 2 atom stereocenters. The summed E-state index contributed by atoms with van der Waals surface area (Å²) < 4.78 is 58.3. The second kappa shape index (κ2) is 9.04. The summed E-state index contributed by atoms with van der Waals surface area (Å²) in [5.74, 6) is 0.172. The SMILES string of the molecule is CC1(C)Cc2nc(C3CCOCC3)c3c(c2[C@@H](O)C1)C1(CCOCC1)O[C@@H]3c1ccc(C(F)(F)F)cc1. The third-order valence-electron chi connectivity index (χ3n) is 8.62. The summed E-state index contributed by atoms with van der Waals surface area (Å²) >= 11 is 0. The number of aliphatic hydroxyl groups excluding tert-OH is 1. The third-order valence-corrected chi connectivity index (χ3v) is 8.62. The molecule has 4 aliphatic rings. The van der Waals surface area contributed by atoms with E-state index in [1.54, 1.807) is 0 Å². The normalized spacial score (nSPS) is 27.2. The maximum Gasteiger partial charge on any atom is 0.416 e. The highest BCUT2D eigenvalue weighted by molar-refractivity contribution is 5.54. The molecule has 0 radical (unpaired) electrons. The average Bonchev–Trinajstić information content (AvgIpc) is 3.17. The topological polar surface area (TPSA) is 60.8 Å². The van der Waals surface area contributed by atoms with E-state index in [0.29, 0.717) is 51.3 Å². The Hall–Kier alpha value is -2.00. The van der Waals surface area contributed by atoms with Crippen molar-refractivity contribution in [2.75, 3.05) is 26.4 Å². The Morgan fingerprint density at radius 1 is 0.946 bits per heavy atom. The Labute approximate surface area is 215 Å². The Morgan fingerprint density at radius 2 is 1.59 bits per heavy atom. The molecule has 3 aliphatic heterocycles. The summed E-state index contributed by atoms with van der Waals surface area (Å²) in [6.45, 7) is 6.69. The number of hydrogen-bond acceptors (Lipinski definition) is 5. The van der Waals surface area contributed by atoms with Crippen LogP contribution in [0.3, 0.4) is 0 Å². The quantitative estimate of drug-likeness (QED) is 0.520. The van der Waals surface area contributed by atoms with Gasteiger partial charge in [-0.15, -0.1) is 0 Å². The first-order chi connectivity index (χ1) is 17.6. The molecule has 1 aromatic carbocycles. The van der Waals surface area contributed by atoms with Gasteiger partial charge in [-0.25, -0.2) is 0 Å². The molecule has 1 spiro atoms. The summed E-state index contributed by atoms with van der Waals surface area (Å²) in [4.78, 5) is 5.26. The van der Waals surface area contributed by atoms with E-state index in [1.165, 1.54) is 12.1 Å². The number of fused-ring (bicyclic) bond motifs is 4. The summed E-state index contributed by atoms with van der Waals surface area (Å²) in [5, 5.41) is 11.5. The standard InChI is InChI=1S/C29H34F3NO4/c1-27(2)15-20-22(21(34)16-27)24-23(25(33-20)17-7-11-35-12-8-17)26(37-28(24)9-13-36-14-10-28)18-3-5-19(6-4-18)29(30,31)32/h3-6,17,21,26,34H,7-16H2,1-2H3/t21-,26+/m0/s1. The number of ether oxygens (including phenoxy) is 3. The maximum atomic E-state index is 13.3. The van der Waals surface area contributed by atoms with Gasteiger partial charge in [0.25, 0.3) is 0 Å². The van der Waals surface area contributed by atoms with Gasteiger partial charge in [-0.2, -0.15) is 13.2 Å². The predicted molar refractivity (Wildman–Crippen MR) is 130 cm³/mol. The Kier molecular flexibility index (Phi) is 6.18. The van der Waals surface area contributed by atoms with Crippen LogP contribution in [-0.2, 0) is 32.4 Å². The minimum absolute atomic E-state index is 0.0876. The summed E-state index contributed by atoms with van der Waals surface area (Å²) in [7, 11) is 0. The maximum absolute atomic E-state index is 13.3. The lowest BCUT2D eigenvalue weighted by Crippen LogP contribution is -2.37. The summed E-state index contributed by atoms with van der Waals surface area (Å²) in [6, 6.07) is 5.32. The highest BCUT2D eigenvalue weighted by atomic mass is 19.4. The highest BCUT2D eigenvalue weighted by Crippen LogP contribution is 2.58. The summed E-state index contributed by atoms with van der Waals surface area (Å²) in [6.07, 6.45) is -1.29. The number of rotatable bonds is 2. The number of hydrogen-bond donors (Lipinski definition) is 1. The van der Waals surface area contributed by atoms with Gasteiger partial charge in [0, 0.05) is 62.0 Å². The van der Waals surface area contributed by atoms with Crippen molar-refractivity contribution in [1.82, 2.24) is 4.98 Å². The van der Waals surface area contributed by atoms with Gasteiger partial charge < -0.3 is 19.3 Å². The van der Waals surface area contributed by atoms with Crippen molar-refractivity contribution >= 4 is 0 Å². The van der Waals surface area contributed by atoms with Gasteiger partial charge in [0.15, 0.2) is 0 Å². The van der Waals surface area contributed by atoms with Crippen molar-refractivity contribution in [3.63, 3.8) is 0 Å². The molecule has 0 bridgehead atoms. The lowest BCUT2D eigenvalue weighted by molar-refractivity contribution is -0.137. The second-order valence-corrected chi connectivity index (χ2v) is 11.8. The fourth-order valence-electron chi connectivity index (χ4n) is 6.86. The first kappa shape index (κ1) is 25.3. The molecule has 5 nitrogen and oxygen atoms in total. The van der Waals surface area contributed by atoms with Gasteiger partial charge in [0.05, 0.1) is 23.0 Å². The van der Waals surface area contributed by atoms with Crippen LogP contribution >= 0.6 is 0 Å². The van der Waals surface area contributed by atoms with E-state index in [9.17, 15) is 18.3 Å². The molecule has 6 rings (SSSR count). The molecule has 8 heteroatoms. The van der Waals surface area contributed by atoms with E-state index in [4.69, 9.17) is 19.2 Å². The van der Waals surface area contributed by atoms with Crippen LogP contribution in [0.4, 0.5) is 13.2 Å². The second-order valence-electron chi connectivity index (χ2n) is 11.8. The number of pyridine rings is 1. The van der Waals surface area contributed by atoms with Crippen molar-refractivity contribution in [3.8, 4) is 0 Å². The van der Waals surface area contributed by atoms with Crippen molar-refractivity contribution in [1.29, 1.82) is 0 Å². The molecular formula is C29H34F3NO4. The molecule has 1 N–H and O–H groups in total. The first-order valence-electron chi connectivity index (χ1n) is 13.3. The van der Waals surface area contributed by atoms with Gasteiger partial charge >= 0.3 is 6.18 Å². The van der Waals surface area contributed by atoms with Crippen molar-refractivity contribution < 1.29 is 32.5 Å². The van der Waals surface area contributed by atoms with E-state index in [-0.39, 0.29) is 11.3 Å². The molecule has 4 heterocycles. The minimum Gasteiger partial charge on any atom is -0.388 e. The Balaban J connectivity index is 1.58. The molecule has 2 aromatic rings. The van der Waals surface area contributed by atoms with Gasteiger partial charge in [0.1, 0.15) is 6.10 Å². The van der Waals surface area contributed by atoms with Crippen molar-refractivity contribution in [2.45, 2.75) is 82.3 Å². The molecular weight excluding hydrogens is 483 g/mol. The zero-order valence-corrected chi connectivity index (χ0v) is 21.4. The smallest absolute Gasteiger partial charge is 0.388 e. The molecule has 2 saturated heterocycles. The minimum atomic E-state index is -4.40. The number of halogens is 3. The van der Waals surface area contributed by atoms with Crippen molar-refractivity contribution in [2.24, 2.45) is 5.41 Å². The number of aliphatic hydroxyl groups is 1. The zero-order chi connectivity index (χ0) is 26.0. The lowest BCUT2D eigenvalue weighted by Gasteiger charge is -2.40. The van der Waals surface area contributed by atoms with Crippen LogP contribution in [0.5, 0.6) is 0 Å². The molecule has 1 aromatic heterocycles. The van der Waals surface area contributed by atoms with Crippen LogP contribution in [-0.4, -0.2) is 36.5 Å². The van der Waals surface area contributed by atoms with Gasteiger partial charge in [0.2, 0.25) is 0 Å². The van der Waals surface area contributed by atoms with E-state index in [1.807, 2.05) is 0 Å². The van der Waals surface area contributed by atoms with Crippen LogP contribution in [0, 0.1) is 5.41 Å². The molecule has 37 heavy (non-hydrogen) atoms.